The number of likely N-dealkylation sites (N-methyl/N-ethyl adjacent to an activating group) is 1. The minimum Gasteiger partial charge on any atom is -0.480 e. The van der Waals surface area contributed by atoms with Crippen LogP contribution in [0.2, 0.25) is 0 Å². The van der Waals surface area contributed by atoms with E-state index in [1.54, 1.807) is 49.2 Å². The number of aromatic carboxylic acids is 1. The molecule has 13 nitrogen and oxygen atoms in total. The third kappa shape index (κ3) is 7.38. The Morgan fingerprint density at radius 3 is 2.45 bits per heavy atom. The monoisotopic (exact) mass is 621 g/mol. The number of likely N-dealkylation sites (tertiary alicyclic amines) is 1. The van der Waals surface area contributed by atoms with E-state index >= 15 is 0 Å². The van der Waals surface area contributed by atoms with Crippen molar-refractivity contribution in [2.45, 2.75) is 52.4 Å². The molecule has 2 aromatic carbocycles. The Morgan fingerprint density at radius 2 is 1.84 bits per heavy atom. The zero-order valence-electron chi connectivity index (χ0n) is 24.7. The van der Waals surface area contributed by atoms with Gasteiger partial charge in [0.1, 0.15) is 22.1 Å². The number of carboxylic acid groups (broad SMARTS) is 1. The summed E-state index contributed by atoms with van der Waals surface area (Å²) in [6, 6.07) is 11.5. The summed E-state index contributed by atoms with van der Waals surface area (Å²) >= 11 is 0.827. The Kier molecular flexibility index (Phi) is 8.65. The van der Waals surface area contributed by atoms with E-state index in [1.807, 2.05) is 20.8 Å². The first kappa shape index (κ1) is 30.6. The Bertz CT molecular complexity index is 1690. The molecule has 1 aliphatic heterocycles. The number of carbonyl (C=O) groups excluding carboxylic acids is 2. The van der Waals surface area contributed by atoms with E-state index in [1.165, 1.54) is 12.1 Å². The molecule has 1 saturated heterocycles. The molecule has 44 heavy (non-hydrogen) atoms. The third-order valence-corrected chi connectivity index (χ3v) is 7.42. The molecule has 3 heterocycles. The van der Waals surface area contributed by atoms with Gasteiger partial charge in [-0.05, 0) is 57.2 Å². The van der Waals surface area contributed by atoms with E-state index in [-0.39, 0.29) is 45.3 Å². The standard InChI is InChI=1S/C30H31N5O8S/c1-16-33-34-26(41-16)17-6-8-19(9-7-17)42-20-12-18(13-21(14-20)43-23-10-11-35(5)27(23)37)25(36)32-29-31-22(15-40-30(2,3)4)24(44-29)28(38)39/h6-9,12-14,23H,10-11,15H2,1-5H3,(H,38,39)(H,31,32,36). The predicted octanol–water partition coefficient (Wildman–Crippen LogP) is 5.17. The lowest BCUT2D eigenvalue weighted by molar-refractivity contribution is -0.132. The Morgan fingerprint density at radius 1 is 1.11 bits per heavy atom. The van der Waals surface area contributed by atoms with Crippen molar-refractivity contribution >= 4 is 34.3 Å². The highest BCUT2D eigenvalue weighted by Crippen LogP contribution is 2.32. The zero-order chi connectivity index (χ0) is 31.6. The van der Waals surface area contributed by atoms with Gasteiger partial charge in [-0.2, -0.15) is 0 Å². The van der Waals surface area contributed by atoms with Gasteiger partial charge in [-0.25, -0.2) is 9.78 Å². The van der Waals surface area contributed by atoms with Crippen molar-refractivity contribution in [1.29, 1.82) is 0 Å². The molecule has 1 unspecified atom stereocenters. The molecule has 0 spiro atoms. The van der Waals surface area contributed by atoms with Crippen molar-refractivity contribution in [2.75, 3.05) is 18.9 Å². The molecular formula is C30H31N5O8S. The van der Waals surface area contributed by atoms with Gasteiger partial charge in [-0.1, -0.05) is 11.3 Å². The first-order valence-electron chi connectivity index (χ1n) is 13.7. The first-order valence-corrected chi connectivity index (χ1v) is 14.5. The lowest BCUT2D eigenvalue weighted by atomic mass is 10.1. The molecule has 1 aliphatic rings. The number of thiazole rings is 1. The van der Waals surface area contributed by atoms with Crippen LogP contribution < -0.4 is 14.8 Å². The SMILES string of the molecule is Cc1nnc(-c2ccc(Oc3cc(OC4CCN(C)C4=O)cc(C(=O)Nc4nc(COC(C)(C)C)c(C(=O)O)s4)c3)cc2)o1. The van der Waals surface area contributed by atoms with Crippen molar-refractivity contribution in [2.24, 2.45) is 0 Å². The van der Waals surface area contributed by atoms with Gasteiger partial charge in [0.2, 0.25) is 11.8 Å². The second kappa shape index (κ2) is 12.4. The largest absolute Gasteiger partial charge is 0.480 e. The highest BCUT2D eigenvalue weighted by atomic mass is 32.1. The van der Waals surface area contributed by atoms with E-state index in [0.717, 1.165) is 11.3 Å². The van der Waals surface area contributed by atoms with E-state index in [0.29, 0.717) is 36.1 Å². The number of ether oxygens (including phenoxy) is 3. The average Bonchev–Trinajstić information content (AvgIpc) is 3.67. The Balaban J connectivity index is 1.40. The van der Waals surface area contributed by atoms with Crippen molar-refractivity contribution < 1.29 is 38.1 Å². The van der Waals surface area contributed by atoms with Gasteiger partial charge in [0.25, 0.3) is 11.8 Å². The van der Waals surface area contributed by atoms with Gasteiger partial charge in [0, 0.05) is 44.1 Å². The molecule has 4 aromatic rings. The minimum atomic E-state index is -1.17. The molecule has 0 bridgehead atoms. The number of hydrogen-bond acceptors (Lipinski definition) is 11. The summed E-state index contributed by atoms with van der Waals surface area (Å²) in [6.07, 6.45) is -0.208. The molecule has 0 aliphatic carbocycles. The summed E-state index contributed by atoms with van der Waals surface area (Å²) in [7, 11) is 1.70. The van der Waals surface area contributed by atoms with Crippen LogP contribution in [0.5, 0.6) is 17.2 Å². The van der Waals surface area contributed by atoms with Crippen molar-refractivity contribution in [3.05, 3.63) is 64.5 Å². The number of hydrogen-bond donors (Lipinski definition) is 2. The molecule has 2 aromatic heterocycles. The van der Waals surface area contributed by atoms with Gasteiger partial charge in [0.05, 0.1) is 17.9 Å². The number of aromatic nitrogens is 3. The molecule has 0 saturated carbocycles. The molecule has 5 rings (SSSR count). The van der Waals surface area contributed by atoms with Crippen LogP contribution in [0.4, 0.5) is 5.13 Å². The van der Waals surface area contributed by atoms with Crippen LogP contribution in [-0.2, 0) is 16.1 Å². The van der Waals surface area contributed by atoms with E-state index in [9.17, 15) is 19.5 Å². The molecule has 0 radical (unpaired) electrons. The Hall–Kier alpha value is -4.82. The highest BCUT2D eigenvalue weighted by Gasteiger charge is 2.31. The van der Waals surface area contributed by atoms with E-state index in [2.05, 4.69) is 20.5 Å². The van der Waals surface area contributed by atoms with E-state index < -0.39 is 23.6 Å². The van der Waals surface area contributed by atoms with Gasteiger partial charge < -0.3 is 28.6 Å². The van der Waals surface area contributed by atoms with Crippen LogP contribution >= 0.6 is 11.3 Å². The molecule has 230 valence electrons. The summed E-state index contributed by atoms with van der Waals surface area (Å²) in [4.78, 5) is 43.6. The number of amides is 2. The summed E-state index contributed by atoms with van der Waals surface area (Å²) in [6.45, 7) is 7.75. The summed E-state index contributed by atoms with van der Waals surface area (Å²) in [5.41, 5.74) is 0.544. The van der Waals surface area contributed by atoms with Crippen molar-refractivity contribution in [1.82, 2.24) is 20.1 Å². The molecule has 1 atom stereocenters. The van der Waals surface area contributed by atoms with Crippen molar-refractivity contribution in [3.8, 4) is 28.7 Å². The average molecular weight is 622 g/mol. The number of aryl methyl sites for hydroxylation is 1. The number of carboxylic acids is 1. The van der Waals surface area contributed by atoms with Crippen LogP contribution in [0.15, 0.2) is 46.9 Å². The maximum atomic E-state index is 13.4. The maximum absolute atomic E-state index is 13.4. The summed E-state index contributed by atoms with van der Waals surface area (Å²) in [5.74, 6) is -0.110. The second-order valence-electron chi connectivity index (χ2n) is 11.1. The van der Waals surface area contributed by atoms with Crippen LogP contribution in [0, 0.1) is 6.92 Å². The molecule has 2 amide bonds. The minimum absolute atomic E-state index is 0.0336. The summed E-state index contributed by atoms with van der Waals surface area (Å²) in [5, 5.41) is 20.3. The molecule has 2 N–H and O–H groups in total. The molecule has 1 fully saturated rings. The number of anilines is 1. The normalized spacial score (nSPS) is 15.0. The smallest absolute Gasteiger partial charge is 0.347 e. The number of nitrogens with one attached hydrogen (secondary N) is 1. The van der Waals surface area contributed by atoms with Crippen LogP contribution in [0.3, 0.4) is 0 Å². The van der Waals surface area contributed by atoms with Crippen LogP contribution in [0.25, 0.3) is 11.5 Å². The number of nitrogens with zero attached hydrogens (tertiary/aromatic N) is 4. The van der Waals surface area contributed by atoms with Crippen LogP contribution in [-0.4, -0.2) is 68.3 Å². The third-order valence-electron chi connectivity index (χ3n) is 6.42. The lowest BCUT2D eigenvalue weighted by Gasteiger charge is -2.18. The second-order valence-corrected chi connectivity index (χ2v) is 12.1. The fourth-order valence-corrected chi connectivity index (χ4v) is 5.04. The maximum Gasteiger partial charge on any atom is 0.347 e. The van der Waals surface area contributed by atoms with Gasteiger partial charge in [-0.15, -0.1) is 10.2 Å². The predicted molar refractivity (Wildman–Crippen MR) is 159 cm³/mol. The van der Waals surface area contributed by atoms with Gasteiger partial charge in [-0.3, -0.25) is 14.9 Å². The highest BCUT2D eigenvalue weighted by molar-refractivity contribution is 7.17. The topological polar surface area (TPSA) is 166 Å². The zero-order valence-corrected chi connectivity index (χ0v) is 25.6. The van der Waals surface area contributed by atoms with Crippen molar-refractivity contribution in [3.63, 3.8) is 0 Å². The van der Waals surface area contributed by atoms with Gasteiger partial charge in [0.15, 0.2) is 11.2 Å². The molecule has 14 heteroatoms. The van der Waals surface area contributed by atoms with E-state index in [4.69, 9.17) is 18.6 Å². The Labute approximate surface area is 256 Å². The quantitative estimate of drug-likeness (QED) is 0.240. The fraction of sp³-hybridized carbons (Fsp3) is 0.333. The first-order chi connectivity index (χ1) is 20.8. The molecular weight excluding hydrogens is 590 g/mol. The number of carbonyl (C=O) groups is 3. The summed E-state index contributed by atoms with van der Waals surface area (Å²) < 4.78 is 23.2. The number of rotatable bonds is 10. The van der Waals surface area contributed by atoms with Gasteiger partial charge >= 0.3 is 5.97 Å². The van der Waals surface area contributed by atoms with Crippen LogP contribution in [0.1, 0.15) is 58.8 Å². The number of benzene rings is 2. The fourth-order valence-electron chi connectivity index (χ4n) is 4.23. The lowest BCUT2D eigenvalue weighted by Crippen LogP contribution is -2.29.